The molecule has 1 heterocycles. The van der Waals surface area contributed by atoms with Gasteiger partial charge in [-0.25, -0.2) is 8.42 Å². The van der Waals surface area contributed by atoms with Gasteiger partial charge in [-0.15, -0.1) is 11.3 Å². The molecular weight excluding hydrogens is 294 g/mol. The number of nitrogens with zero attached hydrogens (tertiary/aromatic N) is 1. The summed E-state index contributed by atoms with van der Waals surface area (Å²) >= 11 is 6.94. The Hall–Kier alpha value is -0.300. The molecule has 0 saturated heterocycles. The number of hydrogen-bond acceptors (Lipinski definition) is 4. The molecular formula is C11H18ClNO3S2. The third kappa shape index (κ3) is 2.66. The molecule has 18 heavy (non-hydrogen) atoms. The van der Waals surface area contributed by atoms with Gasteiger partial charge in [-0.05, 0) is 5.92 Å². The summed E-state index contributed by atoms with van der Waals surface area (Å²) in [5.41, 5.74) is 0.507. The molecule has 0 spiro atoms. The highest BCUT2D eigenvalue weighted by Crippen LogP contribution is 2.45. The van der Waals surface area contributed by atoms with Crippen molar-refractivity contribution >= 4 is 33.0 Å². The summed E-state index contributed by atoms with van der Waals surface area (Å²) in [5, 5.41) is 10.1. The minimum atomic E-state index is -3.65. The molecule has 0 fully saturated rings. The smallest absolute Gasteiger partial charge is 0.256 e. The lowest BCUT2D eigenvalue weighted by Gasteiger charge is -2.17. The Labute approximate surface area is 117 Å². The molecule has 0 radical (unpaired) electrons. The van der Waals surface area contributed by atoms with Crippen LogP contribution in [0.2, 0.25) is 4.34 Å². The van der Waals surface area contributed by atoms with Gasteiger partial charge in [0, 0.05) is 18.7 Å². The standard InChI is InChI=1S/C11H18ClNO3S2/c1-5-13(6-2)18(15,16)11-9(14)8(7(3)4)10(12)17-11/h7,14H,5-6H2,1-4H3. The SMILES string of the molecule is CCN(CC)S(=O)(=O)c1sc(Cl)c(C(C)C)c1O. The fourth-order valence-corrected chi connectivity index (χ4v) is 5.49. The first-order chi connectivity index (χ1) is 8.27. The molecule has 0 atom stereocenters. The molecule has 0 aliphatic carbocycles. The maximum absolute atomic E-state index is 12.3. The maximum atomic E-state index is 12.3. The maximum Gasteiger partial charge on any atom is 0.256 e. The molecule has 104 valence electrons. The van der Waals surface area contributed by atoms with Gasteiger partial charge in [-0.2, -0.15) is 4.31 Å². The van der Waals surface area contributed by atoms with Gasteiger partial charge < -0.3 is 5.11 Å². The van der Waals surface area contributed by atoms with E-state index in [1.165, 1.54) is 4.31 Å². The number of rotatable bonds is 5. The number of hydrogen-bond donors (Lipinski definition) is 1. The van der Waals surface area contributed by atoms with Gasteiger partial charge in [0.1, 0.15) is 4.34 Å². The van der Waals surface area contributed by atoms with Crippen molar-refractivity contribution in [2.24, 2.45) is 0 Å². The molecule has 0 unspecified atom stereocenters. The zero-order valence-electron chi connectivity index (χ0n) is 10.9. The largest absolute Gasteiger partial charge is 0.505 e. The van der Waals surface area contributed by atoms with Crippen LogP contribution in [0.5, 0.6) is 5.75 Å². The summed E-state index contributed by atoms with van der Waals surface area (Å²) in [6, 6.07) is 0. The summed E-state index contributed by atoms with van der Waals surface area (Å²) in [5.74, 6) is -0.221. The van der Waals surface area contributed by atoms with Crippen molar-refractivity contribution in [2.45, 2.75) is 37.8 Å². The van der Waals surface area contributed by atoms with E-state index in [1.807, 2.05) is 13.8 Å². The summed E-state index contributed by atoms with van der Waals surface area (Å²) in [7, 11) is -3.65. The van der Waals surface area contributed by atoms with Crippen molar-refractivity contribution in [1.82, 2.24) is 4.31 Å². The summed E-state index contributed by atoms with van der Waals surface area (Å²) in [6.45, 7) is 7.98. The van der Waals surface area contributed by atoms with E-state index < -0.39 is 10.0 Å². The van der Waals surface area contributed by atoms with Crippen molar-refractivity contribution in [3.05, 3.63) is 9.90 Å². The van der Waals surface area contributed by atoms with Crippen molar-refractivity contribution in [1.29, 1.82) is 0 Å². The van der Waals surface area contributed by atoms with Crippen LogP contribution in [0.15, 0.2) is 4.21 Å². The molecule has 1 aromatic rings. The third-order valence-corrected chi connectivity index (χ3v) is 6.65. The fraction of sp³-hybridized carbons (Fsp3) is 0.636. The first-order valence-electron chi connectivity index (χ1n) is 5.78. The molecule has 1 N–H and O–H groups in total. The normalized spacial score (nSPS) is 12.6. The topological polar surface area (TPSA) is 57.6 Å². The van der Waals surface area contributed by atoms with Crippen LogP contribution in [-0.2, 0) is 10.0 Å². The molecule has 7 heteroatoms. The van der Waals surface area contributed by atoms with Crippen molar-refractivity contribution < 1.29 is 13.5 Å². The second-order valence-corrected chi connectivity index (χ2v) is 7.93. The molecule has 1 aromatic heterocycles. The number of thiophene rings is 1. The lowest BCUT2D eigenvalue weighted by molar-refractivity contribution is 0.430. The van der Waals surface area contributed by atoms with Crippen LogP contribution in [0.25, 0.3) is 0 Å². The molecule has 0 aromatic carbocycles. The highest BCUT2D eigenvalue weighted by atomic mass is 35.5. The van der Waals surface area contributed by atoms with Crippen molar-refractivity contribution in [3.8, 4) is 5.75 Å². The third-order valence-electron chi connectivity index (χ3n) is 2.70. The Morgan fingerprint density at radius 1 is 1.33 bits per heavy atom. The van der Waals surface area contributed by atoms with Crippen molar-refractivity contribution in [3.63, 3.8) is 0 Å². The zero-order valence-corrected chi connectivity index (χ0v) is 13.3. The van der Waals surface area contributed by atoms with Gasteiger partial charge in [0.05, 0.1) is 0 Å². The van der Waals surface area contributed by atoms with Crippen LogP contribution in [0.1, 0.15) is 39.2 Å². The Morgan fingerprint density at radius 3 is 2.17 bits per heavy atom. The van der Waals surface area contributed by atoms with Crippen LogP contribution in [0, 0.1) is 0 Å². The van der Waals surface area contributed by atoms with Gasteiger partial charge in [0.15, 0.2) is 9.96 Å². The highest BCUT2D eigenvalue weighted by molar-refractivity contribution is 7.91. The lowest BCUT2D eigenvalue weighted by Crippen LogP contribution is -2.30. The van der Waals surface area contributed by atoms with E-state index in [0.717, 1.165) is 11.3 Å². The van der Waals surface area contributed by atoms with Gasteiger partial charge in [-0.3, -0.25) is 0 Å². The zero-order chi connectivity index (χ0) is 14.1. The molecule has 0 aliphatic rings. The van der Waals surface area contributed by atoms with E-state index in [1.54, 1.807) is 13.8 Å². The first kappa shape index (κ1) is 15.8. The highest BCUT2D eigenvalue weighted by Gasteiger charge is 2.31. The summed E-state index contributed by atoms with van der Waals surface area (Å²) in [4.78, 5) is 0. The summed E-state index contributed by atoms with van der Waals surface area (Å²) in [6.07, 6.45) is 0. The monoisotopic (exact) mass is 311 g/mol. The van der Waals surface area contributed by atoms with E-state index in [2.05, 4.69) is 0 Å². The number of sulfonamides is 1. The Balaban J connectivity index is 3.39. The van der Waals surface area contributed by atoms with E-state index in [0.29, 0.717) is 23.0 Å². The second kappa shape index (κ2) is 5.77. The number of halogens is 1. The van der Waals surface area contributed by atoms with E-state index >= 15 is 0 Å². The molecule has 0 saturated carbocycles. The van der Waals surface area contributed by atoms with Gasteiger partial charge in [0.25, 0.3) is 10.0 Å². The van der Waals surface area contributed by atoms with E-state index in [9.17, 15) is 13.5 Å². The van der Waals surface area contributed by atoms with Crippen LogP contribution >= 0.6 is 22.9 Å². The predicted octanol–water partition coefficient (Wildman–Crippen LogP) is 3.26. The molecule has 1 rings (SSSR count). The van der Waals surface area contributed by atoms with Gasteiger partial charge >= 0.3 is 0 Å². The average molecular weight is 312 g/mol. The van der Waals surface area contributed by atoms with Crippen LogP contribution in [0.4, 0.5) is 0 Å². The minimum Gasteiger partial charge on any atom is -0.505 e. The van der Waals surface area contributed by atoms with Gasteiger partial charge in [0.2, 0.25) is 0 Å². The van der Waals surface area contributed by atoms with Crippen LogP contribution in [0.3, 0.4) is 0 Å². The Morgan fingerprint density at radius 2 is 1.83 bits per heavy atom. The van der Waals surface area contributed by atoms with Crippen LogP contribution in [-0.4, -0.2) is 30.9 Å². The predicted molar refractivity (Wildman–Crippen MR) is 75.2 cm³/mol. The first-order valence-corrected chi connectivity index (χ1v) is 8.42. The molecule has 0 aliphatic heterocycles. The van der Waals surface area contributed by atoms with E-state index in [-0.39, 0.29) is 15.9 Å². The number of aromatic hydroxyl groups is 1. The second-order valence-electron chi connectivity index (χ2n) is 4.17. The molecule has 4 nitrogen and oxygen atoms in total. The Bertz CT molecular complexity index is 519. The Kier molecular flexibility index (Phi) is 5.05. The lowest BCUT2D eigenvalue weighted by atomic mass is 10.1. The fourth-order valence-electron chi connectivity index (χ4n) is 1.74. The molecule has 0 bridgehead atoms. The van der Waals surface area contributed by atoms with Crippen LogP contribution < -0.4 is 0 Å². The van der Waals surface area contributed by atoms with Gasteiger partial charge in [-0.1, -0.05) is 39.3 Å². The quantitative estimate of drug-likeness (QED) is 0.908. The average Bonchev–Trinajstić information content (AvgIpc) is 2.56. The summed E-state index contributed by atoms with van der Waals surface area (Å²) < 4.78 is 26.2. The van der Waals surface area contributed by atoms with E-state index in [4.69, 9.17) is 11.6 Å². The minimum absolute atomic E-state index is 0.0191. The van der Waals surface area contributed by atoms with Crippen molar-refractivity contribution in [2.75, 3.05) is 13.1 Å². The molecule has 0 amide bonds.